The van der Waals surface area contributed by atoms with Crippen LogP contribution in [0.4, 0.5) is 4.79 Å². The van der Waals surface area contributed by atoms with Crippen molar-refractivity contribution in [1.82, 2.24) is 10.6 Å². The maximum Gasteiger partial charge on any atom is 0.318 e. The van der Waals surface area contributed by atoms with Crippen LogP contribution in [0, 0.1) is 6.92 Å². The van der Waals surface area contributed by atoms with E-state index >= 15 is 0 Å². The number of hydrogen-bond acceptors (Lipinski definition) is 3. The normalized spacial score (nSPS) is 10.2. The highest BCUT2D eigenvalue weighted by Gasteiger charge is 2.01. The molecule has 1 aromatic rings. The molecule has 5 nitrogen and oxygen atoms in total. The minimum absolute atomic E-state index is 0.158. The van der Waals surface area contributed by atoms with E-state index in [1.807, 2.05) is 31.2 Å². The number of nitrogens with one attached hydrogen (secondary N) is 2. The zero-order valence-corrected chi connectivity index (χ0v) is 11.1. The van der Waals surface area contributed by atoms with Gasteiger partial charge >= 0.3 is 12.0 Å². The number of esters is 1. The van der Waals surface area contributed by atoms with Crippen LogP contribution in [0.1, 0.15) is 17.5 Å². The van der Waals surface area contributed by atoms with E-state index in [9.17, 15) is 9.59 Å². The van der Waals surface area contributed by atoms with Crippen LogP contribution in [-0.2, 0) is 9.53 Å². The maximum absolute atomic E-state index is 11.3. The molecule has 1 rings (SSSR count). The number of rotatable bonds is 5. The van der Waals surface area contributed by atoms with Crippen LogP contribution in [0.15, 0.2) is 30.5 Å². The molecule has 0 heterocycles. The third-order valence-corrected chi connectivity index (χ3v) is 2.37. The topological polar surface area (TPSA) is 67.4 Å². The predicted molar refractivity (Wildman–Crippen MR) is 73.4 cm³/mol. The first kappa shape index (κ1) is 14.8. The third kappa shape index (κ3) is 6.26. The van der Waals surface area contributed by atoms with Crippen molar-refractivity contribution in [3.63, 3.8) is 0 Å². The summed E-state index contributed by atoms with van der Waals surface area (Å²) in [4.78, 5) is 22.2. The Morgan fingerprint density at radius 3 is 2.84 bits per heavy atom. The summed E-state index contributed by atoms with van der Waals surface area (Å²) < 4.78 is 4.46. The first-order valence-corrected chi connectivity index (χ1v) is 5.96. The van der Waals surface area contributed by atoms with E-state index in [1.165, 1.54) is 7.11 Å². The Morgan fingerprint density at radius 2 is 2.16 bits per heavy atom. The lowest BCUT2D eigenvalue weighted by molar-refractivity contribution is -0.140. The van der Waals surface area contributed by atoms with Crippen LogP contribution in [0.25, 0.3) is 6.08 Å². The Hall–Kier alpha value is -2.30. The van der Waals surface area contributed by atoms with Gasteiger partial charge in [0.2, 0.25) is 0 Å². The largest absolute Gasteiger partial charge is 0.469 e. The lowest BCUT2D eigenvalue weighted by Crippen LogP contribution is -2.33. The molecule has 19 heavy (non-hydrogen) atoms. The van der Waals surface area contributed by atoms with Gasteiger partial charge in [0.15, 0.2) is 0 Å². The van der Waals surface area contributed by atoms with E-state index in [4.69, 9.17) is 0 Å². The summed E-state index contributed by atoms with van der Waals surface area (Å²) in [6.07, 6.45) is 3.51. The molecule has 1 aromatic carbocycles. The summed E-state index contributed by atoms with van der Waals surface area (Å²) in [6.45, 7) is 2.25. The second kappa shape index (κ2) is 7.92. The van der Waals surface area contributed by atoms with Crippen LogP contribution < -0.4 is 10.6 Å². The Balaban J connectivity index is 2.28. The van der Waals surface area contributed by atoms with Gasteiger partial charge in [-0.1, -0.05) is 29.8 Å². The fourth-order valence-electron chi connectivity index (χ4n) is 1.42. The van der Waals surface area contributed by atoms with Gasteiger partial charge in [-0.25, -0.2) is 4.79 Å². The average molecular weight is 262 g/mol. The summed E-state index contributed by atoms with van der Waals surface area (Å²) in [5.74, 6) is -0.351. The lowest BCUT2D eigenvalue weighted by atomic mass is 10.1. The molecule has 0 bridgehead atoms. The molecule has 0 radical (unpaired) electrons. The van der Waals surface area contributed by atoms with Crippen molar-refractivity contribution < 1.29 is 14.3 Å². The molecule has 2 amide bonds. The van der Waals surface area contributed by atoms with Crippen molar-refractivity contribution in [2.24, 2.45) is 0 Å². The SMILES string of the molecule is COC(=O)CCNC(=O)N/C=C/c1cccc(C)c1. The Kier molecular flexibility index (Phi) is 6.15. The number of amides is 2. The van der Waals surface area contributed by atoms with Gasteiger partial charge in [-0.2, -0.15) is 0 Å². The fraction of sp³-hybridized carbons (Fsp3) is 0.286. The number of carbonyl (C=O) groups is 2. The number of benzene rings is 1. The van der Waals surface area contributed by atoms with Gasteiger partial charge in [-0.3, -0.25) is 4.79 Å². The average Bonchev–Trinajstić information content (AvgIpc) is 2.38. The molecule has 0 fully saturated rings. The highest BCUT2D eigenvalue weighted by molar-refractivity contribution is 5.77. The van der Waals surface area contributed by atoms with Gasteiger partial charge in [0.1, 0.15) is 0 Å². The second-order valence-electron chi connectivity index (χ2n) is 3.97. The fourth-order valence-corrected chi connectivity index (χ4v) is 1.42. The molecule has 0 aliphatic heterocycles. The van der Waals surface area contributed by atoms with E-state index in [0.717, 1.165) is 11.1 Å². The molecule has 102 valence electrons. The Bertz CT molecular complexity index is 470. The number of ether oxygens (including phenoxy) is 1. The summed E-state index contributed by atoms with van der Waals surface area (Å²) in [7, 11) is 1.31. The maximum atomic E-state index is 11.3. The van der Waals surface area contributed by atoms with Crippen LogP contribution in [-0.4, -0.2) is 25.7 Å². The van der Waals surface area contributed by atoms with Crippen molar-refractivity contribution >= 4 is 18.1 Å². The summed E-state index contributed by atoms with van der Waals surface area (Å²) in [5.41, 5.74) is 2.17. The van der Waals surface area contributed by atoms with Crippen molar-refractivity contribution in [3.05, 3.63) is 41.6 Å². The molecule has 0 spiro atoms. The molecule has 0 saturated carbocycles. The zero-order valence-electron chi connectivity index (χ0n) is 11.1. The van der Waals surface area contributed by atoms with E-state index in [-0.39, 0.29) is 25.0 Å². The minimum Gasteiger partial charge on any atom is -0.469 e. The zero-order chi connectivity index (χ0) is 14.1. The third-order valence-electron chi connectivity index (χ3n) is 2.37. The summed E-state index contributed by atoms with van der Waals surface area (Å²) in [6, 6.07) is 7.55. The first-order chi connectivity index (χ1) is 9.11. The quantitative estimate of drug-likeness (QED) is 0.795. The van der Waals surface area contributed by atoms with E-state index < -0.39 is 0 Å². The monoisotopic (exact) mass is 262 g/mol. The molecule has 0 aromatic heterocycles. The van der Waals surface area contributed by atoms with Gasteiger partial charge in [-0.05, 0) is 18.6 Å². The van der Waals surface area contributed by atoms with Crippen LogP contribution in [0.3, 0.4) is 0 Å². The van der Waals surface area contributed by atoms with Gasteiger partial charge in [0, 0.05) is 12.7 Å². The first-order valence-electron chi connectivity index (χ1n) is 5.96. The highest BCUT2D eigenvalue weighted by atomic mass is 16.5. The molecular formula is C14H18N2O3. The van der Waals surface area contributed by atoms with Crippen molar-refractivity contribution in [1.29, 1.82) is 0 Å². The molecular weight excluding hydrogens is 244 g/mol. The number of hydrogen-bond donors (Lipinski definition) is 2. The standard InChI is InChI=1S/C14H18N2O3/c1-11-4-3-5-12(10-11)6-8-15-14(18)16-9-7-13(17)19-2/h3-6,8,10H,7,9H2,1-2H3,(H2,15,16,18)/b8-6+. The number of aryl methyl sites for hydroxylation is 1. The van der Waals surface area contributed by atoms with E-state index in [0.29, 0.717) is 0 Å². The molecule has 2 N–H and O–H groups in total. The van der Waals surface area contributed by atoms with Crippen molar-refractivity contribution in [2.45, 2.75) is 13.3 Å². The minimum atomic E-state index is -0.354. The van der Waals surface area contributed by atoms with Gasteiger partial charge in [0.25, 0.3) is 0 Å². The van der Waals surface area contributed by atoms with Crippen LogP contribution >= 0.6 is 0 Å². The number of methoxy groups -OCH3 is 1. The van der Waals surface area contributed by atoms with Crippen molar-refractivity contribution in [3.8, 4) is 0 Å². The van der Waals surface area contributed by atoms with Crippen LogP contribution in [0.5, 0.6) is 0 Å². The Labute approximate surface area is 112 Å². The molecule has 0 aliphatic rings. The molecule has 5 heteroatoms. The highest BCUT2D eigenvalue weighted by Crippen LogP contribution is 2.04. The number of urea groups is 1. The second-order valence-corrected chi connectivity index (χ2v) is 3.97. The molecule has 0 atom stereocenters. The predicted octanol–water partition coefficient (Wildman–Crippen LogP) is 1.83. The van der Waals surface area contributed by atoms with E-state index in [2.05, 4.69) is 15.4 Å². The number of carbonyl (C=O) groups excluding carboxylic acids is 2. The lowest BCUT2D eigenvalue weighted by Gasteiger charge is -2.03. The molecule has 0 unspecified atom stereocenters. The molecule has 0 aliphatic carbocycles. The summed E-state index contributed by atoms with van der Waals surface area (Å²) >= 11 is 0. The van der Waals surface area contributed by atoms with Gasteiger partial charge < -0.3 is 15.4 Å². The van der Waals surface area contributed by atoms with E-state index in [1.54, 1.807) is 12.3 Å². The van der Waals surface area contributed by atoms with Crippen molar-refractivity contribution in [2.75, 3.05) is 13.7 Å². The summed E-state index contributed by atoms with van der Waals surface area (Å²) in [5, 5.41) is 5.10. The van der Waals surface area contributed by atoms with Gasteiger partial charge in [0.05, 0.1) is 13.5 Å². The Morgan fingerprint density at radius 1 is 1.37 bits per heavy atom. The van der Waals surface area contributed by atoms with Crippen LogP contribution in [0.2, 0.25) is 0 Å². The smallest absolute Gasteiger partial charge is 0.318 e. The van der Waals surface area contributed by atoms with Gasteiger partial charge in [-0.15, -0.1) is 0 Å². The molecule has 0 saturated heterocycles.